The lowest BCUT2D eigenvalue weighted by atomic mass is 9.86. The molecule has 1 unspecified atom stereocenters. The number of aryl methyl sites for hydroxylation is 2. The number of nitrogens with one attached hydrogen (secondary N) is 1. The van der Waals surface area contributed by atoms with Crippen molar-refractivity contribution in [1.29, 1.82) is 0 Å². The third kappa shape index (κ3) is 1.96. The van der Waals surface area contributed by atoms with Crippen molar-refractivity contribution in [2.75, 3.05) is 24.5 Å². The van der Waals surface area contributed by atoms with Gasteiger partial charge < -0.3 is 10.2 Å². The highest BCUT2D eigenvalue weighted by Crippen LogP contribution is 2.38. The van der Waals surface area contributed by atoms with Crippen molar-refractivity contribution >= 4 is 11.7 Å². The molecular formula is C15H20N4O. The molecule has 4 rings (SSSR count). The van der Waals surface area contributed by atoms with Gasteiger partial charge in [-0.05, 0) is 32.1 Å². The Balaban J connectivity index is 1.55. The average molecular weight is 272 g/mol. The number of hydrogen-bond donors (Lipinski definition) is 1. The lowest BCUT2D eigenvalue weighted by Crippen LogP contribution is -2.29. The molecule has 2 fully saturated rings. The number of aromatic nitrogens is 2. The summed E-state index contributed by atoms with van der Waals surface area (Å²) >= 11 is 0. The number of nitrogens with zero attached hydrogens (tertiary/aromatic N) is 3. The van der Waals surface area contributed by atoms with Gasteiger partial charge in [0, 0.05) is 31.5 Å². The molecule has 0 bridgehead atoms. The van der Waals surface area contributed by atoms with E-state index in [1.165, 1.54) is 24.2 Å². The summed E-state index contributed by atoms with van der Waals surface area (Å²) in [6, 6.07) is 0. The van der Waals surface area contributed by atoms with Gasteiger partial charge in [-0.1, -0.05) is 0 Å². The molecule has 106 valence electrons. The number of fused-ring (bicyclic) bond motifs is 1. The van der Waals surface area contributed by atoms with Gasteiger partial charge in [-0.25, -0.2) is 4.98 Å². The number of carbonyl (C=O) groups excluding carboxylic acids is 1. The Hall–Kier alpha value is -1.65. The average Bonchev–Trinajstić information content (AvgIpc) is 3.05. The third-order valence-corrected chi connectivity index (χ3v) is 4.95. The van der Waals surface area contributed by atoms with Crippen LogP contribution >= 0.6 is 0 Å². The van der Waals surface area contributed by atoms with Crippen LogP contribution in [0.25, 0.3) is 0 Å². The number of rotatable bonds is 1. The summed E-state index contributed by atoms with van der Waals surface area (Å²) in [5, 5.41) is 2.97. The van der Waals surface area contributed by atoms with Crippen molar-refractivity contribution in [2.24, 2.45) is 5.41 Å². The molecule has 0 radical (unpaired) electrons. The molecule has 3 aliphatic rings. The van der Waals surface area contributed by atoms with Crippen molar-refractivity contribution < 1.29 is 4.79 Å². The number of hydrogen-bond acceptors (Lipinski definition) is 4. The first-order chi connectivity index (χ1) is 9.74. The van der Waals surface area contributed by atoms with Crippen LogP contribution in [0, 0.1) is 5.41 Å². The SMILES string of the molecule is O=C1CC2(CCN(c3cnc4c(n3)CCCC4)C2)CN1. The molecule has 1 aromatic heterocycles. The van der Waals surface area contributed by atoms with Gasteiger partial charge in [0.1, 0.15) is 5.82 Å². The molecule has 20 heavy (non-hydrogen) atoms. The number of amides is 1. The molecule has 5 heteroatoms. The summed E-state index contributed by atoms with van der Waals surface area (Å²) in [6.45, 7) is 2.74. The van der Waals surface area contributed by atoms with Crippen LogP contribution in [0.3, 0.4) is 0 Å². The van der Waals surface area contributed by atoms with E-state index < -0.39 is 0 Å². The van der Waals surface area contributed by atoms with E-state index >= 15 is 0 Å². The quantitative estimate of drug-likeness (QED) is 0.831. The minimum atomic E-state index is 0.134. The zero-order chi connectivity index (χ0) is 13.6. The Kier molecular flexibility index (Phi) is 2.69. The largest absolute Gasteiger partial charge is 0.355 e. The highest BCUT2D eigenvalue weighted by molar-refractivity contribution is 5.79. The summed E-state index contributed by atoms with van der Waals surface area (Å²) < 4.78 is 0. The van der Waals surface area contributed by atoms with E-state index in [1.807, 2.05) is 6.20 Å². The fraction of sp³-hybridized carbons (Fsp3) is 0.667. The molecule has 1 N–H and O–H groups in total. The van der Waals surface area contributed by atoms with Crippen molar-refractivity contribution in [3.05, 3.63) is 17.6 Å². The van der Waals surface area contributed by atoms with Gasteiger partial charge in [-0.3, -0.25) is 9.78 Å². The van der Waals surface area contributed by atoms with Crippen LogP contribution in [0.4, 0.5) is 5.82 Å². The smallest absolute Gasteiger partial charge is 0.220 e. The molecule has 2 saturated heterocycles. The highest BCUT2D eigenvalue weighted by atomic mass is 16.1. The zero-order valence-electron chi connectivity index (χ0n) is 11.7. The van der Waals surface area contributed by atoms with Crippen LogP contribution in [0.2, 0.25) is 0 Å². The van der Waals surface area contributed by atoms with E-state index in [1.54, 1.807) is 0 Å². The Labute approximate surface area is 118 Å². The second kappa shape index (κ2) is 4.43. The minimum Gasteiger partial charge on any atom is -0.355 e. The van der Waals surface area contributed by atoms with Crippen LogP contribution in [-0.4, -0.2) is 35.5 Å². The molecule has 1 atom stereocenters. The van der Waals surface area contributed by atoms with Crippen LogP contribution in [0.15, 0.2) is 6.20 Å². The van der Waals surface area contributed by atoms with Gasteiger partial charge in [0.2, 0.25) is 5.91 Å². The second-order valence-corrected chi connectivity index (χ2v) is 6.45. The molecule has 0 aromatic carbocycles. The van der Waals surface area contributed by atoms with E-state index in [2.05, 4.69) is 15.2 Å². The minimum absolute atomic E-state index is 0.134. The van der Waals surface area contributed by atoms with Crippen molar-refractivity contribution in [2.45, 2.75) is 38.5 Å². The summed E-state index contributed by atoms with van der Waals surface area (Å²) in [6.07, 6.45) is 8.27. The van der Waals surface area contributed by atoms with Crippen molar-refractivity contribution in [3.63, 3.8) is 0 Å². The summed E-state index contributed by atoms with van der Waals surface area (Å²) in [5.74, 6) is 1.20. The van der Waals surface area contributed by atoms with Gasteiger partial charge in [0.25, 0.3) is 0 Å². The lowest BCUT2D eigenvalue weighted by molar-refractivity contribution is -0.119. The molecule has 1 aliphatic carbocycles. The van der Waals surface area contributed by atoms with Crippen LogP contribution < -0.4 is 10.2 Å². The molecule has 0 saturated carbocycles. The first-order valence-electron chi connectivity index (χ1n) is 7.61. The van der Waals surface area contributed by atoms with E-state index in [0.717, 1.165) is 44.7 Å². The Bertz CT molecular complexity index is 559. The number of anilines is 1. The fourth-order valence-corrected chi connectivity index (χ4v) is 3.76. The summed E-state index contributed by atoms with van der Waals surface area (Å²) in [4.78, 5) is 23.2. The molecule has 1 amide bonds. The maximum absolute atomic E-state index is 11.5. The molecule has 2 aliphatic heterocycles. The second-order valence-electron chi connectivity index (χ2n) is 6.45. The van der Waals surface area contributed by atoms with E-state index in [4.69, 9.17) is 4.98 Å². The van der Waals surface area contributed by atoms with Crippen LogP contribution in [0.1, 0.15) is 37.1 Å². The highest BCUT2D eigenvalue weighted by Gasteiger charge is 2.44. The molecule has 1 aromatic rings. The summed E-state index contributed by atoms with van der Waals surface area (Å²) in [5.41, 5.74) is 2.51. The van der Waals surface area contributed by atoms with E-state index in [0.29, 0.717) is 6.42 Å². The normalized spacial score (nSPS) is 28.8. The zero-order valence-corrected chi connectivity index (χ0v) is 11.7. The maximum atomic E-state index is 11.5. The van der Waals surface area contributed by atoms with E-state index in [-0.39, 0.29) is 11.3 Å². The Morgan fingerprint density at radius 3 is 2.90 bits per heavy atom. The van der Waals surface area contributed by atoms with Gasteiger partial charge in [-0.15, -0.1) is 0 Å². The third-order valence-electron chi connectivity index (χ3n) is 4.95. The first-order valence-corrected chi connectivity index (χ1v) is 7.61. The van der Waals surface area contributed by atoms with E-state index in [9.17, 15) is 4.79 Å². The van der Waals surface area contributed by atoms with Gasteiger partial charge in [-0.2, -0.15) is 0 Å². The lowest BCUT2D eigenvalue weighted by Gasteiger charge is -2.23. The van der Waals surface area contributed by atoms with Crippen molar-refractivity contribution in [1.82, 2.24) is 15.3 Å². The predicted molar refractivity (Wildman–Crippen MR) is 75.6 cm³/mol. The van der Waals surface area contributed by atoms with Crippen LogP contribution in [-0.2, 0) is 17.6 Å². The molecule has 3 heterocycles. The fourth-order valence-electron chi connectivity index (χ4n) is 3.76. The number of carbonyl (C=O) groups is 1. The first kappa shape index (κ1) is 12.1. The Morgan fingerprint density at radius 2 is 2.10 bits per heavy atom. The Morgan fingerprint density at radius 1 is 1.25 bits per heavy atom. The predicted octanol–water partition coefficient (Wildman–Crippen LogP) is 1.07. The molecule has 5 nitrogen and oxygen atoms in total. The van der Waals surface area contributed by atoms with Gasteiger partial charge >= 0.3 is 0 Å². The monoisotopic (exact) mass is 272 g/mol. The summed E-state index contributed by atoms with van der Waals surface area (Å²) in [7, 11) is 0. The molecular weight excluding hydrogens is 252 g/mol. The maximum Gasteiger partial charge on any atom is 0.220 e. The van der Waals surface area contributed by atoms with Gasteiger partial charge in [0.15, 0.2) is 0 Å². The molecule has 1 spiro atoms. The van der Waals surface area contributed by atoms with Crippen LogP contribution in [0.5, 0.6) is 0 Å². The standard InChI is InChI=1S/C15H20N4O/c20-14-7-15(9-17-14)5-6-19(10-15)13-8-16-11-3-1-2-4-12(11)18-13/h8H,1-7,9-10H2,(H,17,20). The van der Waals surface area contributed by atoms with Crippen molar-refractivity contribution in [3.8, 4) is 0 Å². The van der Waals surface area contributed by atoms with Gasteiger partial charge in [0.05, 0.1) is 17.6 Å². The topological polar surface area (TPSA) is 58.1 Å².